The first-order valence-corrected chi connectivity index (χ1v) is 8.57. The third-order valence-corrected chi connectivity index (χ3v) is 8.86. The van der Waals surface area contributed by atoms with Gasteiger partial charge in [0.15, 0.2) is 0 Å². The van der Waals surface area contributed by atoms with Gasteiger partial charge in [-0.05, 0) is 36.3 Å². The molecular weight excluding hydrogens is 208 g/mol. The average molecular weight is 230 g/mol. The van der Waals surface area contributed by atoms with Crippen LogP contribution in [-0.2, 0) is 5.75 Å². The topological polar surface area (TPSA) is 0 Å². The Labute approximate surface area is 94.1 Å². The van der Waals surface area contributed by atoms with Gasteiger partial charge >= 0.3 is 0 Å². The summed E-state index contributed by atoms with van der Waals surface area (Å²) < 4.78 is 0. The Morgan fingerprint density at radius 1 is 1.07 bits per heavy atom. The lowest BCUT2D eigenvalue weighted by molar-refractivity contribution is 1.29. The van der Waals surface area contributed by atoms with Crippen LogP contribution >= 0.6 is 21.4 Å². The fourth-order valence-electron chi connectivity index (χ4n) is 1.78. The van der Waals surface area contributed by atoms with Crippen LogP contribution in [0.15, 0.2) is 12.1 Å². The van der Waals surface area contributed by atoms with Crippen molar-refractivity contribution >= 4 is 21.4 Å². The van der Waals surface area contributed by atoms with Crippen LogP contribution in [0.5, 0.6) is 0 Å². The van der Waals surface area contributed by atoms with Crippen LogP contribution in [0.2, 0.25) is 0 Å². The second kappa shape index (κ2) is 5.22. The van der Waals surface area contributed by atoms with Crippen molar-refractivity contribution < 1.29 is 0 Å². The summed E-state index contributed by atoms with van der Waals surface area (Å²) in [5.74, 6) is 5.51. The standard InChI is InChI=1S/C12H22S2/c1-5-14(6-2,7-3)10-12-9-8-11(4)13-12/h8-9H,5-7,10H2,1-4H3. The Balaban J connectivity index is 2.73. The van der Waals surface area contributed by atoms with E-state index in [-0.39, 0.29) is 10.0 Å². The van der Waals surface area contributed by atoms with E-state index in [4.69, 9.17) is 0 Å². The van der Waals surface area contributed by atoms with E-state index in [1.165, 1.54) is 27.9 Å². The van der Waals surface area contributed by atoms with E-state index in [9.17, 15) is 0 Å². The zero-order valence-corrected chi connectivity index (χ0v) is 11.4. The Hall–Kier alpha value is 0.0500. The van der Waals surface area contributed by atoms with Crippen LogP contribution in [0.3, 0.4) is 0 Å². The molecule has 0 aliphatic rings. The number of hydrogen-bond donors (Lipinski definition) is 0. The van der Waals surface area contributed by atoms with Gasteiger partial charge in [-0.1, -0.05) is 20.8 Å². The predicted octanol–water partition coefficient (Wildman–Crippen LogP) is 4.42. The third kappa shape index (κ3) is 2.77. The van der Waals surface area contributed by atoms with Gasteiger partial charge in [0.05, 0.1) is 0 Å². The van der Waals surface area contributed by atoms with Crippen molar-refractivity contribution in [2.75, 3.05) is 17.3 Å². The van der Waals surface area contributed by atoms with E-state index in [1.807, 2.05) is 11.3 Å². The Kier molecular flexibility index (Phi) is 4.52. The second-order valence-corrected chi connectivity index (χ2v) is 9.59. The molecule has 14 heavy (non-hydrogen) atoms. The molecule has 0 aromatic carbocycles. The van der Waals surface area contributed by atoms with E-state index < -0.39 is 0 Å². The Morgan fingerprint density at radius 3 is 2.00 bits per heavy atom. The number of hydrogen-bond acceptors (Lipinski definition) is 1. The summed E-state index contributed by atoms with van der Waals surface area (Å²) in [5, 5.41) is 0. The maximum absolute atomic E-state index is 2.36. The number of thiophene rings is 1. The molecule has 0 spiro atoms. The highest BCUT2D eigenvalue weighted by Gasteiger charge is 2.18. The van der Waals surface area contributed by atoms with Gasteiger partial charge in [0, 0.05) is 15.5 Å². The molecule has 2 heteroatoms. The fourth-order valence-corrected chi connectivity index (χ4v) is 5.99. The molecule has 0 saturated carbocycles. The second-order valence-electron chi connectivity index (χ2n) is 3.75. The summed E-state index contributed by atoms with van der Waals surface area (Å²) in [6.07, 6.45) is 0. The first-order chi connectivity index (χ1) is 6.65. The van der Waals surface area contributed by atoms with Gasteiger partial charge in [0.2, 0.25) is 0 Å². The maximum Gasteiger partial charge on any atom is 0.0132 e. The molecule has 1 rings (SSSR count). The monoisotopic (exact) mass is 230 g/mol. The van der Waals surface area contributed by atoms with Gasteiger partial charge in [-0.15, -0.1) is 11.3 Å². The highest BCUT2D eigenvalue weighted by molar-refractivity contribution is 8.33. The lowest BCUT2D eigenvalue weighted by Gasteiger charge is -2.36. The maximum atomic E-state index is 2.36. The number of aryl methyl sites for hydroxylation is 1. The van der Waals surface area contributed by atoms with Crippen LogP contribution in [0.4, 0.5) is 0 Å². The molecule has 0 N–H and O–H groups in total. The molecule has 0 amide bonds. The molecule has 0 atom stereocenters. The summed E-state index contributed by atoms with van der Waals surface area (Å²) in [6, 6.07) is 4.58. The number of rotatable bonds is 5. The molecule has 0 bridgehead atoms. The minimum absolute atomic E-state index is 0.340. The van der Waals surface area contributed by atoms with Crippen LogP contribution in [-0.4, -0.2) is 17.3 Å². The van der Waals surface area contributed by atoms with Crippen LogP contribution < -0.4 is 0 Å². The largest absolute Gasteiger partial charge is 0.237 e. The predicted molar refractivity (Wildman–Crippen MR) is 72.0 cm³/mol. The molecule has 0 saturated heterocycles. The van der Waals surface area contributed by atoms with Gasteiger partial charge in [0.1, 0.15) is 0 Å². The van der Waals surface area contributed by atoms with Crippen molar-refractivity contribution in [1.29, 1.82) is 0 Å². The Bertz CT molecular complexity index is 263. The van der Waals surface area contributed by atoms with Gasteiger partial charge in [-0.2, -0.15) is 0 Å². The van der Waals surface area contributed by atoms with Crippen molar-refractivity contribution in [3.05, 3.63) is 21.9 Å². The molecule has 1 aromatic rings. The van der Waals surface area contributed by atoms with Crippen LogP contribution in [0, 0.1) is 6.92 Å². The summed E-state index contributed by atoms with van der Waals surface area (Å²) in [6.45, 7) is 9.30. The van der Waals surface area contributed by atoms with Crippen molar-refractivity contribution in [3.63, 3.8) is 0 Å². The van der Waals surface area contributed by atoms with Crippen molar-refractivity contribution in [3.8, 4) is 0 Å². The van der Waals surface area contributed by atoms with Gasteiger partial charge < -0.3 is 0 Å². The van der Waals surface area contributed by atoms with Gasteiger partial charge in [-0.25, -0.2) is 10.0 Å². The summed E-state index contributed by atoms with van der Waals surface area (Å²) in [5.41, 5.74) is 0. The zero-order valence-electron chi connectivity index (χ0n) is 9.80. The normalized spacial score (nSPS) is 13.1. The Morgan fingerprint density at radius 2 is 1.64 bits per heavy atom. The van der Waals surface area contributed by atoms with Crippen molar-refractivity contribution in [1.82, 2.24) is 0 Å². The smallest absolute Gasteiger partial charge is 0.0132 e. The fraction of sp³-hybridized carbons (Fsp3) is 0.667. The van der Waals surface area contributed by atoms with Crippen LogP contribution in [0.25, 0.3) is 0 Å². The average Bonchev–Trinajstić information content (AvgIpc) is 2.61. The molecule has 0 aliphatic heterocycles. The van der Waals surface area contributed by atoms with E-state index in [0.717, 1.165) is 0 Å². The summed E-state index contributed by atoms with van der Waals surface area (Å²) >= 11 is 1.98. The molecule has 1 heterocycles. The minimum atomic E-state index is -0.340. The zero-order chi connectivity index (χ0) is 10.6. The molecule has 0 unspecified atom stereocenters. The van der Waals surface area contributed by atoms with Gasteiger partial charge in [0.25, 0.3) is 0 Å². The highest BCUT2D eigenvalue weighted by atomic mass is 32.3. The first-order valence-electron chi connectivity index (χ1n) is 5.45. The molecule has 0 aliphatic carbocycles. The molecule has 82 valence electrons. The van der Waals surface area contributed by atoms with E-state index in [1.54, 1.807) is 4.88 Å². The quantitative estimate of drug-likeness (QED) is 0.702. The lowest BCUT2D eigenvalue weighted by atomic mass is 10.5. The summed E-state index contributed by atoms with van der Waals surface area (Å²) in [7, 11) is -0.340. The third-order valence-electron chi connectivity index (χ3n) is 3.08. The SMILES string of the molecule is CCS(CC)(CC)Cc1ccc(C)s1. The van der Waals surface area contributed by atoms with Gasteiger partial charge in [-0.3, -0.25) is 0 Å². The first kappa shape index (κ1) is 12.1. The van der Waals surface area contributed by atoms with E-state index in [2.05, 4.69) is 39.8 Å². The molecule has 1 aromatic heterocycles. The highest BCUT2D eigenvalue weighted by Crippen LogP contribution is 2.50. The molecule has 0 radical (unpaired) electrons. The van der Waals surface area contributed by atoms with E-state index >= 15 is 0 Å². The lowest BCUT2D eigenvalue weighted by Crippen LogP contribution is -2.10. The van der Waals surface area contributed by atoms with E-state index in [0.29, 0.717) is 0 Å². The van der Waals surface area contributed by atoms with Crippen LogP contribution in [0.1, 0.15) is 30.5 Å². The summed E-state index contributed by atoms with van der Waals surface area (Å²) in [4.78, 5) is 3.06. The van der Waals surface area contributed by atoms with Crippen molar-refractivity contribution in [2.45, 2.75) is 33.4 Å². The molecular formula is C12H22S2. The molecule has 0 nitrogen and oxygen atoms in total. The minimum Gasteiger partial charge on any atom is -0.237 e. The van der Waals surface area contributed by atoms with Crippen molar-refractivity contribution in [2.24, 2.45) is 0 Å². The molecule has 0 fully saturated rings.